The van der Waals surface area contributed by atoms with Gasteiger partial charge in [0.2, 0.25) is 0 Å². The highest BCUT2D eigenvalue weighted by atomic mass is 35.5. The molecule has 90 valence electrons. The lowest BCUT2D eigenvalue weighted by Gasteiger charge is -2.25. The van der Waals surface area contributed by atoms with E-state index >= 15 is 0 Å². The third-order valence-electron chi connectivity index (χ3n) is 2.50. The molecule has 0 aliphatic carbocycles. The molecule has 0 atom stereocenters. The Kier molecular flexibility index (Phi) is 5.06. The molecule has 0 amide bonds. The molecule has 0 bridgehead atoms. The van der Waals surface area contributed by atoms with Crippen LogP contribution in [0.1, 0.15) is 25.8 Å². The summed E-state index contributed by atoms with van der Waals surface area (Å²) in [5, 5.41) is 13.6. The lowest BCUT2D eigenvalue weighted by Crippen LogP contribution is -2.39. The van der Waals surface area contributed by atoms with Gasteiger partial charge < -0.3 is 10.4 Å². The van der Waals surface area contributed by atoms with Crippen molar-refractivity contribution in [2.45, 2.75) is 32.4 Å². The number of halogens is 2. The van der Waals surface area contributed by atoms with Crippen molar-refractivity contribution in [3.8, 4) is 0 Å². The van der Waals surface area contributed by atoms with Crippen molar-refractivity contribution in [3.63, 3.8) is 0 Å². The second-order valence-electron chi connectivity index (χ2n) is 4.45. The van der Waals surface area contributed by atoms with Crippen molar-refractivity contribution >= 4 is 23.2 Å². The van der Waals surface area contributed by atoms with Gasteiger partial charge in [0.05, 0.1) is 0 Å². The molecular weight excluding hydrogens is 245 g/mol. The number of hydrogen-bond donors (Lipinski definition) is 2. The number of aliphatic hydroxyl groups excluding tert-OH is 1. The zero-order valence-electron chi connectivity index (χ0n) is 9.56. The van der Waals surface area contributed by atoms with Crippen LogP contribution in [0.5, 0.6) is 0 Å². The van der Waals surface area contributed by atoms with Crippen molar-refractivity contribution in [1.29, 1.82) is 0 Å². The molecule has 1 aromatic rings. The number of nitrogens with one attached hydrogen (secondary N) is 1. The van der Waals surface area contributed by atoms with Crippen LogP contribution in [-0.4, -0.2) is 17.3 Å². The first-order valence-electron chi connectivity index (χ1n) is 5.24. The summed E-state index contributed by atoms with van der Waals surface area (Å²) in [5.41, 5.74) is 0.862. The molecule has 16 heavy (non-hydrogen) atoms. The van der Waals surface area contributed by atoms with Crippen molar-refractivity contribution in [1.82, 2.24) is 5.32 Å². The van der Waals surface area contributed by atoms with Gasteiger partial charge in [0.1, 0.15) is 0 Å². The lowest BCUT2D eigenvalue weighted by molar-refractivity contribution is 0.230. The second kappa shape index (κ2) is 5.87. The summed E-state index contributed by atoms with van der Waals surface area (Å²) in [6, 6.07) is 5.41. The maximum atomic E-state index is 8.91. The molecule has 0 heterocycles. The van der Waals surface area contributed by atoms with Crippen LogP contribution in [0.15, 0.2) is 18.2 Å². The normalized spacial score (nSPS) is 11.8. The van der Waals surface area contributed by atoms with Crippen LogP contribution in [-0.2, 0) is 6.54 Å². The highest BCUT2D eigenvalue weighted by Gasteiger charge is 2.16. The highest BCUT2D eigenvalue weighted by Crippen LogP contribution is 2.21. The molecule has 2 N–H and O–H groups in total. The molecule has 4 heteroatoms. The smallest absolute Gasteiger partial charge is 0.0451 e. The fourth-order valence-corrected chi connectivity index (χ4v) is 1.76. The monoisotopic (exact) mass is 261 g/mol. The van der Waals surface area contributed by atoms with Crippen LogP contribution < -0.4 is 5.32 Å². The van der Waals surface area contributed by atoms with Gasteiger partial charge in [-0.3, -0.25) is 0 Å². The van der Waals surface area contributed by atoms with Crippen molar-refractivity contribution in [2.75, 3.05) is 6.61 Å². The van der Waals surface area contributed by atoms with Crippen LogP contribution in [0.2, 0.25) is 10.0 Å². The number of hydrogen-bond acceptors (Lipinski definition) is 2. The molecule has 0 aromatic heterocycles. The molecule has 0 fully saturated rings. The Morgan fingerprint density at radius 3 is 2.62 bits per heavy atom. The average Bonchev–Trinajstić information content (AvgIpc) is 2.19. The Labute approximate surface area is 107 Å². The van der Waals surface area contributed by atoms with E-state index in [2.05, 4.69) is 5.32 Å². The summed E-state index contributed by atoms with van der Waals surface area (Å²) in [6.45, 7) is 4.90. The quantitative estimate of drug-likeness (QED) is 0.853. The van der Waals surface area contributed by atoms with E-state index < -0.39 is 0 Å². The molecular formula is C12H17Cl2NO. The molecule has 0 spiro atoms. The maximum absolute atomic E-state index is 8.91. The van der Waals surface area contributed by atoms with Crippen LogP contribution in [0, 0.1) is 0 Å². The van der Waals surface area contributed by atoms with E-state index in [1.54, 1.807) is 12.1 Å². The minimum Gasteiger partial charge on any atom is -0.396 e. The van der Waals surface area contributed by atoms with Crippen LogP contribution in [0.3, 0.4) is 0 Å². The van der Waals surface area contributed by atoms with Gasteiger partial charge >= 0.3 is 0 Å². The third kappa shape index (κ3) is 4.30. The van der Waals surface area contributed by atoms with Crippen molar-refractivity contribution < 1.29 is 5.11 Å². The summed E-state index contributed by atoms with van der Waals surface area (Å²) in [6.07, 6.45) is 0.700. The Balaban J connectivity index is 2.63. The number of aliphatic hydroxyl groups is 1. The van der Waals surface area contributed by atoms with E-state index in [9.17, 15) is 0 Å². The van der Waals surface area contributed by atoms with Gasteiger partial charge in [-0.25, -0.2) is 0 Å². The van der Waals surface area contributed by atoms with Gasteiger partial charge in [0.15, 0.2) is 0 Å². The van der Waals surface area contributed by atoms with Gasteiger partial charge in [-0.1, -0.05) is 23.2 Å². The summed E-state index contributed by atoms with van der Waals surface area (Å²) < 4.78 is 0. The summed E-state index contributed by atoms with van der Waals surface area (Å²) in [5.74, 6) is 0. The van der Waals surface area contributed by atoms with Crippen molar-refractivity contribution in [3.05, 3.63) is 33.8 Å². The highest BCUT2D eigenvalue weighted by molar-refractivity contribution is 6.33. The Morgan fingerprint density at radius 1 is 1.31 bits per heavy atom. The molecule has 0 aliphatic rings. The molecule has 0 saturated carbocycles. The van der Waals surface area contributed by atoms with E-state index in [-0.39, 0.29) is 12.1 Å². The molecule has 1 aromatic carbocycles. The lowest BCUT2D eigenvalue weighted by atomic mass is 10.0. The largest absolute Gasteiger partial charge is 0.396 e. The molecule has 0 unspecified atom stereocenters. The minimum absolute atomic E-state index is 0.111. The number of rotatable bonds is 5. The van der Waals surface area contributed by atoms with E-state index in [0.717, 1.165) is 5.56 Å². The predicted molar refractivity (Wildman–Crippen MR) is 69.1 cm³/mol. The standard InChI is InChI=1S/C12H17Cl2NO/c1-12(2,5-6-16)15-8-9-7-10(13)3-4-11(9)14/h3-4,7,15-16H,5-6,8H2,1-2H3. The third-order valence-corrected chi connectivity index (χ3v) is 3.11. The van der Waals surface area contributed by atoms with E-state index in [1.165, 1.54) is 0 Å². The van der Waals surface area contributed by atoms with Gasteiger partial charge in [0, 0.05) is 28.7 Å². The van der Waals surface area contributed by atoms with Crippen LogP contribution in [0.4, 0.5) is 0 Å². The average molecular weight is 262 g/mol. The second-order valence-corrected chi connectivity index (χ2v) is 5.29. The maximum Gasteiger partial charge on any atom is 0.0451 e. The SMILES string of the molecule is CC(C)(CCO)NCc1cc(Cl)ccc1Cl. The van der Waals surface area contributed by atoms with E-state index in [4.69, 9.17) is 28.3 Å². The topological polar surface area (TPSA) is 32.3 Å². The summed E-state index contributed by atoms with van der Waals surface area (Å²) in [4.78, 5) is 0. The summed E-state index contributed by atoms with van der Waals surface area (Å²) >= 11 is 12.0. The zero-order valence-corrected chi connectivity index (χ0v) is 11.1. The van der Waals surface area contributed by atoms with Gasteiger partial charge in [-0.2, -0.15) is 0 Å². The van der Waals surface area contributed by atoms with Gasteiger partial charge in [-0.05, 0) is 44.0 Å². The minimum atomic E-state index is -0.111. The van der Waals surface area contributed by atoms with Crippen molar-refractivity contribution in [2.24, 2.45) is 0 Å². The van der Waals surface area contributed by atoms with Gasteiger partial charge in [0.25, 0.3) is 0 Å². The zero-order chi connectivity index (χ0) is 12.2. The Hall–Kier alpha value is -0.280. The first-order valence-corrected chi connectivity index (χ1v) is 6.00. The first-order chi connectivity index (χ1) is 7.44. The molecule has 0 radical (unpaired) electrons. The molecule has 0 saturated heterocycles. The van der Waals surface area contributed by atoms with E-state index in [0.29, 0.717) is 23.0 Å². The molecule has 1 rings (SSSR count). The fourth-order valence-electron chi connectivity index (χ4n) is 1.38. The summed E-state index contributed by atoms with van der Waals surface area (Å²) in [7, 11) is 0. The van der Waals surface area contributed by atoms with Gasteiger partial charge in [-0.15, -0.1) is 0 Å². The van der Waals surface area contributed by atoms with Crippen LogP contribution in [0.25, 0.3) is 0 Å². The predicted octanol–water partition coefficient (Wildman–Crippen LogP) is 3.24. The Bertz CT molecular complexity index is 353. The van der Waals surface area contributed by atoms with Crippen LogP contribution >= 0.6 is 23.2 Å². The molecule has 0 aliphatic heterocycles. The fraction of sp³-hybridized carbons (Fsp3) is 0.500. The molecule has 2 nitrogen and oxygen atoms in total. The van der Waals surface area contributed by atoms with E-state index in [1.807, 2.05) is 19.9 Å². The Morgan fingerprint density at radius 2 is 2.00 bits per heavy atom. The number of benzene rings is 1. The first kappa shape index (κ1) is 13.8.